The molecule has 1 aromatic rings. The van der Waals surface area contributed by atoms with E-state index in [0.29, 0.717) is 23.8 Å². The lowest BCUT2D eigenvalue weighted by molar-refractivity contribution is -0.124. The lowest BCUT2D eigenvalue weighted by atomic mass is 10.2. The largest absolute Gasteiger partial charge is 0.356 e. The van der Waals surface area contributed by atoms with Crippen molar-refractivity contribution >= 4 is 40.9 Å². The zero-order valence-corrected chi connectivity index (χ0v) is 13.1. The van der Waals surface area contributed by atoms with Crippen LogP contribution in [0.25, 0.3) is 0 Å². The van der Waals surface area contributed by atoms with Crippen LogP contribution in [0.5, 0.6) is 0 Å². The molecule has 1 atom stereocenters. The van der Waals surface area contributed by atoms with Crippen LogP contribution in [0.15, 0.2) is 23.1 Å². The lowest BCUT2D eigenvalue weighted by Crippen LogP contribution is -2.35. The van der Waals surface area contributed by atoms with E-state index in [1.165, 1.54) is 11.8 Å². The Kier molecular flexibility index (Phi) is 5.90. The maximum Gasteiger partial charge on any atom is 0.238 e. The number of carbonyl (C=O) groups is 2. The van der Waals surface area contributed by atoms with Crippen molar-refractivity contribution in [3.8, 4) is 0 Å². The number of rotatable bonds is 6. The van der Waals surface area contributed by atoms with Crippen molar-refractivity contribution in [1.82, 2.24) is 5.32 Å². The van der Waals surface area contributed by atoms with Gasteiger partial charge in [-0.25, -0.2) is 0 Å². The number of benzene rings is 1. The SMILES string of the molecule is NCCCCNC(=O)CC1Sc2ccc(Cl)cc2NC1=O. The topological polar surface area (TPSA) is 84.2 Å². The van der Waals surface area contributed by atoms with Gasteiger partial charge in [0, 0.05) is 22.9 Å². The van der Waals surface area contributed by atoms with Crippen molar-refractivity contribution in [2.24, 2.45) is 5.73 Å². The summed E-state index contributed by atoms with van der Waals surface area (Å²) in [5.74, 6) is -0.274. The molecule has 1 unspecified atom stereocenters. The summed E-state index contributed by atoms with van der Waals surface area (Å²) in [4.78, 5) is 24.8. The van der Waals surface area contributed by atoms with E-state index in [-0.39, 0.29) is 18.2 Å². The molecule has 1 aliphatic rings. The van der Waals surface area contributed by atoms with Crippen molar-refractivity contribution in [2.45, 2.75) is 29.4 Å². The molecule has 0 bridgehead atoms. The Labute approximate surface area is 133 Å². The zero-order chi connectivity index (χ0) is 15.2. The van der Waals surface area contributed by atoms with Crippen LogP contribution < -0.4 is 16.4 Å². The van der Waals surface area contributed by atoms with Crippen molar-refractivity contribution in [3.63, 3.8) is 0 Å². The number of nitrogens with one attached hydrogen (secondary N) is 2. The minimum absolute atomic E-state index is 0.114. The molecular formula is C14H18ClN3O2S. The van der Waals surface area contributed by atoms with E-state index in [0.717, 1.165) is 17.7 Å². The van der Waals surface area contributed by atoms with Gasteiger partial charge in [-0.1, -0.05) is 11.6 Å². The summed E-state index contributed by atoms with van der Waals surface area (Å²) in [6.45, 7) is 1.22. The fourth-order valence-electron chi connectivity index (χ4n) is 1.99. The fourth-order valence-corrected chi connectivity index (χ4v) is 3.26. The second kappa shape index (κ2) is 7.68. The molecule has 0 aromatic heterocycles. The van der Waals surface area contributed by atoms with Crippen LogP contribution in [-0.4, -0.2) is 30.2 Å². The highest BCUT2D eigenvalue weighted by molar-refractivity contribution is 8.01. The second-order valence-electron chi connectivity index (χ2n) is 4.79. The molecule has 1 aromatic carbocycles. The Morgan fingerprint density at radius 2 is 2.24 bits per heavy atom. The number of unbranched alkanes of at least 4 members (excludes halogenated alkanes) is 1. The summed E-state index contributed by atoms with van der Waals surface area (Å²) in [7, 11) is 0. The number of anilines is 1. The molecule has 0 aliphatic carbocycles. The van der Waals surface area contributed by atoms with Crippen molar-refractivity contribution in [1.29, 1.82) is 0 Å². The van der Waals surface area contributed by atoms with E-state index in [4.69, 9.17) is 17.3 Å². The minimum Gasteiger partial charge on any atom is -0.356 e. The smallest absolute Gasteiger partial charge is 0.238 e. The monoisotopic (exact) mass is 327 g/mol. The molecule has 1 aliphatic heterocycles. The van der Waals surface area contributed by atoms with Gasteiger partial charge in [-0.05, 0) is 37.6 Å². The Morgan fingerprint density at radius 3 is 3.00 bits per heavy atom. The van der Waals surface area contributed by atoms with Crippen molar-refractivity contribution < 1.29 is 9.59 Å². The van der Waals surface area contributed by atoms with Crippen LogP contribution in [0.3, 0.4) is 0 Å². The van der Waals surface area contributed by atoms with E-state index < -0.39 is 5.25 Å². The number of hydrogen-bond donors (Lipinski definition) is 3. The molecule has 0 saturated carbocycles. The van der Waals surface area contributed by atoms with Crippen molar-refractivity contribution in [3.05, 3.63) is 23.2 Å². The Bertz CT molecular complexity index is 539. The quantitative estimate of drug-likeness (QED) is 0.698. The average Bonchev–Trinajstić information content (AvgIpc) is 2.45. The summed E-state index contributed by atoms with van der Waals surface area (Å²) in [6, 6.07) is 5.34. The van der Waals surface area contributed by atoms with E-state index in [2.05, 4.69) is 10.6 Å². The standard InChI is InChI=1S/C14H18ClN3O2S/c15-9-3-4-11-10(7-9)18-14(20)12(21-11)8-13(19)17-6-2-1-5-16/h3-4,7,12H,1-2,5-6,8,16H2,(H,17,19)(H,18,20). The summed E-state index contributed by atoms with van der Waals surface area (Å²) in [6.07, 6.45) is 1.90. The molecular weight excluding hydrogens is 310 g/mol. The number of halogens is 1. The maximum atomic E-state index is 12.0. The molecule has 2 amide bonds. The van der Waals surface area contributed by atoms with Gasteiger partial charge in [0.1, 0.15) is 0 Å². The number of hydrogen-bond acceptors (Lipinski definition) is 4. The zero-order valence-electron chi connectivity index (χ0n) is 11.5. The molecule has 7 heteroatoms. The normalized spacial score (nSPS) is 17.0. The Hall–Kier alpha value is -1.24. The molecule has 21 heavy (non-hydrogen) atoms. The first-order valence-electron chi connectivity index (χ1n) is 6.84. The summed E-state index contributed by atoms with van der Waals surface area (Å²) < 4.78 is 0. The molecule has 4 N–H and O–H groups in total. The predicted octanol–water partition coefficient (Wildman–Crippen LogP) is 2.00. The number of nitrogens with two attached hydrogens (primary N) is 1. The third kappa shape index (κ3) is 4.62. The van der Waals surface area contributed by atoms with Gasteiger partial charge in [-0.15, -0.1) is 11.8 Å². The van der Waals surface area contributed by atoms with Gasteiger partial charge >= 0.3 is 0 Å². The van der Waals surface area contributed by atoms with Crippen LogP contribution in [0.2, 0.25) is 5.02 Å². The Balaban J connectivity index is 1.88. The highest BCUT2D eigenvalue weighted by Crippen LogP contribution is 2.38. The summed E-state index contributed by atoms with van der Waals surface area (Å²) >= 11 is 7.29. The molecule has 0 spiro atoms. The first-order valence-corrected chi connectivity index (χ1v) is 8.09. The van der Waals surface area contributed by atoms with Crippen LogP contribution >= 0.6 is 23.4 Å². The van der Waals surface area contributed by atoms with Crippen LogP contribution in [0.4, 0.5) is 5.69 Å². The van der Waals surface area contributed by atoms with Crippen LogP contribution in [0, 0.1) is 0 Å². The predicted molar refractivity (Wildman–Crippen MR) is 85.6 cm³/mol. The summed E-state index contributed by atoms with van der Waals surface area (Å²) in [5.41, 5.74) is 6.10. The Morgan fingerprint density at radius 1 is 1.43 bits per heavy atom. The summed E-state index contributed by atoms with van der Waals surface area (Å²) in [5, 5.41) is 5.77. The number of thioether (sulfide) groups is 1. The first-order chi connectivity index (χ1) is 10.1. The van der Waals surface area contributed by atoms with Gasteiger partial charge < -0.3 is 16.4 Å². The first kappa shape index (κ1) is 16.1. The third-order valence-corrected chi connectivity index (χ3v) is 4.60. The van der Waals surface area contributed by atoms with Crippen LogP contribution in [0.1, 0.15) is 19.3 Å². The number of carbonyl (C=O) groups excluding carboxylic acids is 2. The molecule has 5 nitrogen and oxygen atoms in total. The van der Waals surface area contributed by atoms with E-state index in [1.807, 2.05) is 6.07 Å². The van der Waals surface area contributed by atoms with E-state index in [9.17, 15) is 9.59 Å². The van der Waals surface area contributed by atoms with Crippen molar-refractivity contribution in [2.75, 3.05) is 18.4 Å². The van der Waals surface area contributed by atoms with Crippen LogP contribution in [-0.2, 0) is 9.59 Å². The molecule has 1 heterocycles. The molecule has 114 valence electrons. The number of fused-ring (bicyclic) bond motifs is 1. The van der Waals surface area contributed by atoms with Gasteiger partial charge in [-0.3, -0.25) is 9.59 Å². The number of amides is 2. The molecule has 0 fully saturated rings. The minimum atomic E-state index is -0.409. The van der Waals surface area contributed by atoms with E-state index in [1.54, 1.807) is 12.1 Å². The third-order valence-electron chi connectivity index (χ3n) is 3.08. The lowest BCUT2D eigenvalue weighted by Gasteiger charge is -2.23. The van der Waals surface area contributed by atoms with Gasteiger partial charge in [0.2, 0.25) is 11.8 Å². The van der Waals surface area contributed by atoms with Gasteiger partial charge in [-0.2, -0.15) is 0 Å². The maximum absolute atomic E-state index is 12.0. The van der Waals surface area contributed by atoms with Gasteiger partial charge in [0.25, 0.3) is 0 Å². The molecule has 0 saturated heterocycles. The van der Waals surface area contributed by atoms with E-state index >= 15 is 0 Å². The highest BCUT2D eigenvalue weighted by atomic mass is 35.5. The van der Waals surface area contributed by atoms with Gasteiger partial charge in [0.05, 0.1) is 10.9 Å². The highest BCUT2D eigenvalue weighted by Gasteiger charge is 2.28. The molecule has 2 rings (SSSR count). The molecule has 0 radical (unpaired) electrons. The van der Waals surface area contributed by atoms with Gasteiger partial charge in [0.15, 0.2) is 0 Å². The fraction of sp³-hybridized carbons (Fsp3) is 0.429. The second-order valence-corrected chi connectivity index (χ2v) is 6.47. The average molecular weight is 328 g/mol.